The molecule has 3 saturated carbocycles. The molecule has 4 aliphatic carbocycles. The largest absolute Gasteiger partial charge is 0.449 e. The van der Waals surface area contributed by atoms with Gasteiger partial charge in [-0.05, 0) is 56.6 Å². The van der Waals surface area contributed by atoms with Gasteiger partial charge >= 0.3 is 5.97 Å². The van der Waals surface area contributed by atoms with Crippen molar-refractivity contribution < 1.29 is 33.0 Å². The molecule has 3 fully saturated rings. The predicted molar refractivity (Wildman–Crippen MR) is 121 cm³/mol. The molecule has 0 aromatic carbocycles. The molecule has 0 aromatic heterocycles. The summed E-state index contributed by atoms with van der Waals surface area (Å²) in [5.41, 5.74) is -6.15. The zero-order chi connectivity index (χ0) is 24.7. The first-order valence-corrected chi connectivity index (χ1v) is 12.1. The van der Waals surface area contributed by atoms with Gasteiger partial charge in [0.2, 0.25) is 10.9 Å². The number of thiol groups is 1. The van der Waals surface area contributed by atoms with Gasteiger partial charge in [-0.3, -0.25) is 14.4 Å². The van der Waals surface area contributed by atoms with Gasteiger partial charge in [0.1, 0.15) is 0 Å². The highest BCUT2D eigenvalue weighted by molar-refractivity contribution is 7.96. The molecule has 0 bridgehead atoms. The van der Waals surface area contributed by atoms with Crippen molar-refractivity contribution in [3.05, 3.63) is 23.0 Å². The normalized spacial score (nSPS) is 46.8. The predicted octanol–water partition coefficient (Wildman–Crippen LogP) is 4.44. The summed E-state index contributed by atoms with van der Waals surface area (Å²) in [7, 11) is 0. The molecule has 8 atom stereocenters. The number of hydrogen-bond acceptors (Lipinski definition) is 5. The number of carbonyl (C=O) groups excluding carboxylic acids is 3. The average Bonchev–Trinajstić information content (AvgIpc) is 2.95. The lowest BCUT2D eigenvalue weighted by Gasteiger charge is -2.62. The molecule has 4 aliphatic rings. The standard InChI is InChI=1S/C25H32F2O5S/c1-6-18(29)32-25(21(31)33)13(3)9-16-14-7-8-15-19(26)20(30)12(2)10-22(15,4)24(14,27)17(28)11-23(16,25)5/h10,13-14,16-17,28H,6-9,11H2,1-5H3,(H,31,33)/t13-,14-,16-,17-,22-,23-,24-,25-/m0/s1. The topological polar surface area (TPSA) is 80.7 Å². The molecule has 8 heteroatoms. The van der Waals surface area contributed by atoms with Crippen molar-refractivity contribution in [2.75, 3.05) is 0 Å². The quantitative estimate of drug-likeness (QED) is 0.459. The molecule has 0 spiro atoms. The van der Waals surface area contributed by atoms with Crippen LogP contribution in [0.1, 0.15) is 66.7 Å². The van der Waals surface area contributed by atoms with E-state index < -0.39 is 68.7 Å². The van der Waals surface area contributed by atoms with E-state index in [9.17, 15) is 19.5 Å². The van der Waals surface area contributed by atoms with Gasteiger partial charge in [-0.1, -0.05) is 26.8 Å². The highest BCUT2D eigenvalue weighted by Crippen LogP contribution is 2.72. The molecule has 0 unspecified atom stereocenters. The van der Waals surface area contributed by atoms with Crippen LogP contribution in [0.3, 0.4) is 0 Å². The molecule has 33 heavy (non-hydrogen) atoms. The highest BCUT2D eigenvalue weighted by atomic mass is 32.1. The second-order valence-corrected chi connectivity index (χ2v) is 11.2. The number of esters is 1. The van der Waals surface area contributed by atoms with Crippen LogP contribution in [0.25, 0.3) is 0 Å². The summed E-state index contributed by atoms with van der Waals surface area (Å²) in [6, 6.07) is 0. The second-order valence-electron chi connectivity index (χ2n) is 10.8. The van der Waals surface area contributed by atoms with Gasteiger partial charge in [0.25, 0.3) is 0 Å². The minimum atomic E-state index is -2.24. The smallest absolute Gasteiger partial charge is 0.306 e. The minimum absolute atomic E-state index is 0.0684. The van der Waals surface area contributed by atoms with Crippen molar-refractivity contribution in [1.29, 1.82) is 0 Å². The third-order valence-electron chi connectivity index (χ3n) is 9.43. The first-order chi connectivity index (χ1) is 15.2. The summed E-state index contributed by atoms with van der Waals surface area (Å²) in [5, 5.41) is 10.8. The Bertz CT molecular complexity index is 1010. The lowest BCUT2D eigenvalue weighted by molar-refractivity contribution is -0.225. The van der Waals surface area contributed by atoms with E-state index in [0.29, 0.717) is 6.42 Å². The Balaban J connectivity index is 1.88. The summed E-state index contributed by atoms with van der Waals surface area (Å²) in [5.74, 6) is -3.78. The fraction of sp³-hybridized carbons (Fsp3) is 0.720. The third kappa shape index (κ3) is 2.77. The number of aliphatic hydroxyl groups excluding tert-OH is 1. The van der Waals surface area contributed by atoms with Crippen LogP contribution in [0.15, 0.2) is 23.0 Å². The molecule has 0 saturated heterocycles. The maximum absolute atomic E-state index is 17.3. The molecular formula is C25H32F2O5S. The van der Waals surface area contributed by atoms with Crippen LogP contribution in [0.2, 0.25) is 0 Å². The lowest BCUT2D eigenvalue weighted by Crippen LogP contribution is -2.69. The molecule has 0 aliphatic heterocycles. The van der Waals surface area contributed by atoms with Crippen molar-refractivity contribution in [3.63, 3.8) is 0 Å². The van der Waals surface area contributed by atoms with Crippen LogP contribution in [-0.2, 0) is 19.1 Å². The maximum Gasteiger partial charge on any atom is 0.306 e. The van der Waals surface area contributed by atoms with Crippen LogP contribution in [-0.4, -0.2) is 39.3 Å². The van der Waals surface area contributed by atoms with Crippen molar-refractivity contribution in [1.82, 2.24) is 0 Å². The van der Waals surface area contributed by atoms with Crippen LogP contribution in [0.5, 0.6) is 0 Å². The van der Waals surface area contributed by atoms with Gasteiger partial charge in [-0.15, -0.1) is 12.6 Å². The van der Waals surface area contributed by atoms with Gasteiger partial charge in [0, 0.05) is 29.1 Å². The van der Waals surface area contributed by atoms with E-state index in [1.165, 1.54) is 13.0 Å². The van der Waals surface area contributed by atoms with E-state index in [0.717, 1.165) is 0 Å². The third-order valence-corrected chi connectivity index (χ3v) is 9.77. The van der Waals surface area contributed by atoms with Crippen molar-refractivity contribution in [3.8, 4) is 0 Å². The van der Waals surface area contributed by atoms with Gasteiger partial charge in [-0.2, -0.15) is 0 Å². The van der Waals surface area contributed by atoms with Crippen molar-refractivity contribution in [2.24, 2.45) is 28.6 Å². The summed E-state index contributed by atoms with van der Waals surface area (Å²) in [6.07, 6.45) is 0.630. The Morgan fingerprint density at radius 2 is 1.94 bits per heavy atom. The number of aliphatic hydroxyl groups is 1. The summed E-state index contributed by atoms with van der Waals surface area (Å²) in [4.78, 5) is 37.6. The van der Waals surface area contributed by atoms with Crippen LogP contribution < -0.4 is 0 Å². The Morgan fingerprint density at radius 3 is 2.52 bits per heavy atom. The van der Waals surface area contributed by atoms with Crippen molar-refractivity contribution >= 4 is 29.5 Å². The lowest BCUT2D eigenvalue weighted by atomic mass is 9.44. The number of fused-ring (bicyclic) bond motifs is 5. The van der Waals surface area contributed by atoms with Gasteiger partial charge in [0.15, 0.2) is 17.1 Å². The molecule has 4 rings (SSSR count). The Hall–Kier alpha value is -1.54. The van der Waals surface area contributed by atoms with E-state index in [1.807, 2.05) is 0 Å². The van der Waals surface area contributed by atoms with E-state index in [-0.39, 0.29) is 36.8 Å². The minimum Gasteiger partial charge on any atom is -0.449 e. The number of alkyl halides is 1. The summed E-state index contributed by atoms with van der Waals surface area (Å²) < 4.78 is 38.1. The van der Waals surface area contributed by atoms with E-state index >= 15 is 8.78 Å². The SMILES string of the molecule is CCC(=O)O[C@]1(C(=O)S)[C@@H](C)C[C@H]2[C@@H]3CCC4=C(F)C(=O)C(C)=C[C@]4(C)[C@@]3(F)[C@@H](O)C[C@@]21C. The number of Topliss-reactive ketones (excluding diaryl/α,β-unsaturated/α-hetero) is 1. The van der Waals surface area contributed by atoms with Crippen molar-refractivity contribution in [2.45, 2.75) is 84.1 Å². The first kappa shape index (κ1) is 24.6. The van der Waals surface area contributed by atoms with E-state index in [4.69, 9.17) is 4.74 Å². The Labute approximate surface area is 198 Å². The molecule has 0 heterocycles. The second kappa shape index (κ2) is 7.48. The fourth-order valence-electron chi connectivity index (χ4n) is 7.89. The summed E-state index contributed by atoms with van der Waals surface area (Å²) >= 11 is 4.12. The van der Waals surface area contributed by atoms with Gasteiger partial charge < -0.3 is 9.84 Å². The zero-order valence-electron chi connectivity index (χ0n) is 19.7. The molecule has 0 aromatic rings. The molecule has 182 valence electrons. The monoisotopic (exact) mass is 482 g/mol. The van der Waals surface area contributed by atoms with Crippen LogP contribution in [0.4, 0.5) is 8.78 Å². The van der Waals surface area contributed by atoms with Gasteiger partial charge in [-0.25, -0.2) is 8.78 Å². The number of hydrogen-bond donors (Lipinski definition) is 2. The van der Waals surface area contributed by atoms with E-state index in [2.05, 4.69) is 12.6 Å². The van der Waals surface area contributed by atoms with Crippen LogP contribution >= 0.6 is 12.6 Å². The average molecular weight is 483 g/mol. The molecular weight excluding hydrogens is 450 g/mol. The zero-order valence-corrected chi connectivity index (χ0v) is 20.6. The van der Waals surface area contributed by atoms with Gasteiger partial charge in [0.05, 0.1) is 6.10 Å². The number of ketones is 1. The Morgan fingerprint density at radius 1 is 1.30 bits per heavy atom. The van der Waals surface area contributed by atoms with E-state index in [1.54, 1.807) is 27.7 Å². The molecule has 0 amide bonds. The Kier molecular flexibility index (Phi) is 5.57. The number of rotatable bonds is 3. The number of carbonyl (C=O) groups is 3. The molecule has 5 nitrogen and oxygen atoms in total. The maximum atomic E-state index is 17.3. The molecule has 1 N–H and O–H groups in total. The van der Waals surface area contributed by atoms with Crippen LogP contribution in [0, 0.1) is 28.6 Å². The number of halogens is 2. The molecule has 0 radical (unpaired) electrons. The number of allylic oxidation sites excluding steroid dienone is 4. The fourth-order valence-corrected chi connectivity index (χ4v) is 8.41. The number of ether oxygens (including phenoxy) is 1. The first-order valence-electron chi connectivity index (χ1n) is 11.7. The highest BCUT2D eigenvalue weighted by Gasteiger charge is 2.77. The summed E-state index contributed by atoms with van der Waals surface area (Å²) in [6.45, 7) is 8.22.